The average Bonchev–Trinajstić information content (AvgIpc) is 2.98. The first-order valence-electron chi connectivity index (χ1n) is 10.8. The molecule has 0 bridgehead atoms. The molecule has 8 nitrogen and oxygen atoms in total. The molecule has 1 unspecified atom stereocenters. The monoisotopic (exact) mass is 437 g/mol. The van der Waals surface area contributed by atoms with E-state index in [-0.39, 0.29) is 18.2 Å². The molecule has 2 aromatic rings. The van der Waals surface area contributed by atoms with Crippen molar-refractivity contribution in [3.05, 3.63) is 41.5 Å². The van der Waals surface area contributed by atoms with Gasteiger partial charge in [-0.05, 0) is 63.1 Å². The maximum Gasteiger partial charge on any atom is 0.407 e. The summed E-state index contributed by atoms with van der Waals surface area (Å²) in [6.07, 6.45) is 1.44. The molecule has 1 saturated heterocycles. The van der Waals surface area contributed by atoms with Crippen LogP contribution in [0.3, 0.4) is 0 Å². The maximum absolute atomic E-state index is 13.3. The van der Waals surface area contributed by atoms with Crippen LogP contribution in [-0.4, -0.2) is 42.0 Å². The van der Waals surface area contributed by atoms with Gasteiger partial charge < -0.3 is 10.1 Å². The highest BCUT2D eigenvalue weighted by molar-refractivity contribution is 6.27. The van der Waals surface area contributed by atoms with Crippen LogP contribution < -0.4 is 15.5 Å². The molecule has 0 aliphatic carbocycles. The van der Waals surface area contributed by atoms with Crippen LogP contribution in [0.5, 0.6) is 0 Å². The lowest BCUT2D eigenvalue weighted by Gasteiger charge is -2.30. The van der Waals surface area contributed by atoms with Gasteiger partial charge in [-0.1, -0.05) is 18.2 Å². The fourth-order valence-electron chi connectivity index (χ4n) is 4.26. The van der Waals surface area contributed by atoms with E-state index in [9.17, 15) is 19.2 Å². The van der Waals surface area contributed by atoms with Crippen molar-refractivity contribution < 1.29 is 23.9 Å². The molecule has 1 fully saturated rings. The minimum Gasteiger partial charge on any atom is -0.444 e. The molecule has 168 valence electrons. The number of anilines is 1. The predicted octanol–water partition coefficient (Wildman–Crippen LogP) is 3.06. The SMILES string of the molecule is CC(C)(C)OC(=O)NCCCc1cc2c3c(cccc3c1)N(C1CCC(=O)NC1=O)C2=O. The fourth-order valence-corrected chi connectivity index (χ4v) is 4.26. The molecule has 2 aliphatic heterocycles. The van der Waals surface area contributed by atoms with Crippen molar-refractivity contribution in [2.75, 3.05) is 11.4 Å². The third kappa shape index (κ3) is 4.30. The minimum atomic E-state index is -0.695. The molecule has 2 N–H and O–H groups in total. The van der Waals surface area contributed by atoms with Gasteiger partial charge in [0, 0.05) is 18.4 Å². The average molecular weight is 437 g/mol. The van der Waals surface area contributed by atoms with E-state index in [4.69, 9.17) is 4.74 Å². The number of carbonyl (C=O) groups excluding carboxylic acids is 4. The molecule has 0 saturated carbocycles. The summed E-state index contributed by atoms with van der Waals surface area (Å²) in [5.41, 5.74) is 1.71. The van der Waals surface area contributed by atoms with Crippen molar-refractivity contribution in [1.29, 1.82) is 0 Å². The number of benzene rings is 2. The Kier molecular flexibility index (Phi) is 5.62. The topological polar surface area (TPSA) is 105 Å². The first-order valence-corrected chi connectivity index (χ1v) is 10.8. The quantitative estimate of drug-likeness (QED) is 0.553. The third-order valence-electron chi connectivity index (χ3n) is 5.56. The molecule has 0 spiro atoms. The Morgan fingerprint density at radius 2 is 2.00 bits per heavy atom. The van der Waals surface area contributed by atoms with Crippen molar-refractivity contribution >= 4 is 40.3 Å². The predicted molar refractivity (Wildman–Crippen MR) is 119 cm³/mol. The zero-order chi connectivity index (χ0) is 23.0. The smallest absolute Gasteiger partial charge is 0.407 e. The Labute approximate surface area is 186 Å². The molecule has 0 aromatic heterocycles. The number of carbonyl (C=O) groups is 4. The van der Waals surface area contributed by atoms with Gasteiger partial charge in [0.1, 0.15) is 11.6 Å². The number of ether oxygens (including phenoxy) is 1. The van der Waals surface area contributed by atoms with Gasteiger partial charge in [-0.3, -0.25) is 24.6 Å². The molecule has 4 amide bonds. The maximum atomic E-state index is 13.3. The molecule has 8 heteroatoms. The molecule has 0 radical (unpaired) electrons. The van der Waals surface area contributed by atoms with Crippen molar-refractivity contribution in [3.63, 3.8) is 0 Å². The summed E-state index contributed by atoms with van der Waals surface area (Å²) in [6.45, 7) is 5.90. The molecule has 2 aliphatic rings. The van der Waals surface area contributed by atoms with E-state index in [0.29, 0.717) is 37.1 Å². The van der Waals surface area contributed by atoms with Crippen LogP contribution in [0, 0.1) is 0 Å². The Hall–Kier alpha value is -3.42. The molecule has 2 aromatic carbocycles. The fraction of sp³-hybridized carbons (Fsp3) is 0.417. The Bertz CT molecular complexity index is 1120. The molecule has 32 heavy (non-hydrogen) atoms. The summed E-state index contributed by atoms with van der Waals surface area (Å²) in [4.78, 5) is 50.6. The second kappa shape index (κ2) is 8.26. The largest absolute Gasteiger partial charge is 0.444 e. The summed E-state index contributed by atoms with van der Waals surface area (Å²) in [5, 5.41) is 6.84. The summed E-state index contributed by atoms with van der Waals surface area (Å²) >= 11 is 0. The normalized spacial score (nSPS) is 18.2. The van der Waals surface area contributed by atoms with Crippen molar-refractivity contribution in [2.24, 2.45) is 0 Å². The van der Waals surface area contributed by atoms with Gasteiger partial charge in [-0.15, -0.1) is 0 Å². The van der Waals surface area contributed by atoms with Crippen molar-refractivity contribution in [3.8, 4) is 0 Å². The van der Waals surface area contributed by atoms with E-state index < -0.39 is 23.6 Å². The van der Waals surface area contributed by atoms with E-state index in [2.05, 4.69) is 10.6 Å². The van der Waals surface area contributed by atoms with E-state index in [0.717, 1.165) is 16.3 Å². The van der Waals surface area contributed by atoms with E-state index >= 15 is 0 Å². The molecule has 1 atom stereocenters. The highest BCUT2D eigenvalue weighted by Gasteiger charge is 2.40. The van der Waals surface area contributed by atoms with Gasteiger partial charge in [0.25, 0.3) is 5.91 Å². The number of amides is 4. The van der Waals surface area contributed by atoms with E-state index in [1.165, 1.54) is 4.90 Å². The number of nitrogens with one attached hydrogen (secondary N) is 2. The Balaban J connectivity index is 1.49. The second-order valence-corrected chi connectivity index (χ2v) is 9.19. The summed E-state index contributed by atoms with van der Waals surface area (Å²) < 4.78 is 5.24. The molecule has 4 rings (SSSR count). The summed E-state index contributed by atoms with van der Waals surface area (Å²) in [6, 6.07) is 8.87. The van der Waals surface area contributed by atoms with Gasteiger partial charge in [-0.2, -0.15) is 0 Å². The second-order valence-electron chi connectivity index (χ2n) is 9.19. The van der Waals surface area contributed by atoms with Crippen LogP contribution in [0.2, 0.25) is 0 Å². The van der Waals surface area contributed by atoms with E-state index in [1.54, 1.807) is 0 Å². The van der Waals surface area contributed by atoms with Crippen LogP contribution in [0.25, 0.3) is 10.8 Å². The van der Waals surface area contributed by atoms with Gasteiger partial charge >= 0.3 is 6.09 Å². The number of rotatable bonds is 5. The number of nitrogens with zero attached hydrogens (tertiary/aromatic N) is 1. The lowest BCUT2D eigenvalue weighted by Crippen LogP contribution is -2.53. The summed E-state index contributed by atoms with van der Waals surface area (Å²) in [5.74, 6) is -0.969. The van der Waals surface area contributed by atoms with Gasteiger partial charge in [-0.25, -0.2) is 4.79 Å². The van der Waals surface area contributed by atoms with Gasteiger partial charge in [0.2, 0.25) is 11.8 Å². The lowest BCUT2D eigenvalue weighted by atomic mass is 9.99. The van der Waals surface area contributed by atoms with Crippen molar-refractivity contribution in [1.82, 2.24) is 10.6 Å². The zero-order valence-corrected chi connectivity index (χ0v) is 18.5. The van der Waals surface area contributed by atoms with Crippen LogP contribution in [0.15, 0.2) is 30.3 Å². The first-order chi connectivity index (χ1) is 15.1. The number of hydrogen-bond donors (Lipinski definition) is 2. The minimum absolute atomic E-state index is 0.211. The van der Waals surface area contributed by atoms with E-state index in [1.807, 2.05) is 51.1 Å². The highest BCUT2D eigenvalue weighted by atomic mass is 16.6. The number of piperidine rings is 1. The highest BCUT2D eigenvalue weighted by Crippen LogP contribution is 2.40. The number of alkyl carbamates (subject to hydrolysis) is 1. The van der Waals surface area contributed by atoms with Gasteiger partial charge in [0.15, 0.2) is 0 Å². The number of hydrogen-bond acceptors (Lipinski definition) is 5. The summed E-state index contributed by atoms with van der Waals surface area (Å²) in [7, 11) is 0. The third-order valence-corrected chi connectivity index (χ3v) is 5.56. The zero-order valence-electron chi connectivity index (χ0n) is 18.5. The van der Waals surface area contributed by atoms with Gasteiger partial charge in [0.05, 0.1) is 11.3 Å². The first kappa shape index (κ1) is 21.8. The lowest BCUT2D eigenvalue weighted by molar-refractivity contribution is -0.134. The van der Waals surface area contributed by atoms with Crippen molar-refractivity contribution in [2.45, 2.75) is 58.1 Å². The molecular weight excluding hydrogens is 410 g/mol. The molecule has 2 heterocycles. The van der Waals surface area contributed by atoms with Crippen LogP contribution in [-0.2, 0) is 20.7 Å². The standard InChI is InChI=1S/C24H27N3O5/c1-24(2,3)32-23(31)25-11-5-6-14-12-15-7-4-8-17-20(15)16(13-14)22(30)27(17)18-9-10-19(28)26-21(18)29/h4,7-8,12-13,18H,5-6,9-11H2,1-3H3,(H,25,31)(H,26,28,29). The number of aryl methyl sites for hydroxylation is 1. The van der Waals surface area contributed by atoms with Crippen LogP contribution in [0.1, 0.15) is 56.0 Å². The van der Waals surface area contributed by atoms with Crippen LogP contribution >= 0.6 is 0 Å². The molecular formula is C24H27N3O5. The number of imide groups is 1. The Morgan fingerprint density at radius 1 is 1.22 bits per heavy atom. The Morgan fingerprint density at radius 3 is 2.72 bits per heavy atom. The van der Waals surface area contributed by atoms with Crippen LogP contribution in [0.4, 0.5) is 10.5 Å².